The van der Waals surface area contributed by atoms with Crippen molar-refractivity contribution in [2.75, 3.05) is 0 Å². The number of carbonyl (C=O) groups excluding carboxylic acids is 2. The molecule has 0 aliphatic carbocycles. The Hall–Kier alpha value is -2.70. The summed E-state index contributed by atoms with van der Waals surface area (Å²) in [5.74, 6) is -0.821. The molecule has 0 spiro atoms. The molecule has 2 aromatic rings. The molecule has 0 aliphatic heterocycles. The zero-order chi connectivity index (χ0) is 20.9. The van der Waals surface area contributed by atoms with Gasteiger partial charge in [0, 0.05) is 25.7 Å². The molecule has 4 N–H and O–H groups in total. The third-order valence-electron chi connectivity index (χ3n) is 4.45. The van der Waals surface area contributed by atoms with Crippen molar-refractivity contribution in [1.29, 1.82) is 0 Å². The Bertz CT molecular complexity index is 674. The highest BCUT2D eigenvalue weighted by Crippen LogP contribution is 2.08. The molecule has 0 radical (unpaired) electrons. The topological polar surface area (TPSA) is 105 Å². The molecule has 2 rings (SSSR count). The molecule has 29 heavy (non-hydrogen) atoms. The van der Waals surface area contributed by atoms with Crippen LogP contribution in [-0.4, -0.2) is 24.4 Å². The van der Waals surface area contributed by atoms with Crippen LogP contribution in [0, 0.1) is 0 Å². The van der Waals surface area contributed by atoms with Gasteiger partial charge in [0.15, 0.2) is 12.5 Å². The molecule has 2 aromatic carbocycles. The molecule has 6 heteroatoms. The van der Waals surface area contributed by atoms with Crippen LogP contribution in [0.3, 0.4) is 0 Å². The molecule has 0 saturated carbocycles. The Labute approximate surface area is 172 Å². The van der Waals surface area contributed by atoms with Gasteiger partial charge in [0.2, 0.25) is 0 Å². The van der Waals surface area contributed by atoms with Crippen molar-refractivity contribution < 1.29 is 19.1 Å². The van der Waals surface area contributed by atoms with Gasteiger partial charge in [0.05, 0.1) is 0 Å². The van der Waals surface area contributed by atoms with Crippen LogP contribution in [0.5, 0.6) is 0 Å². The maximum Gasteiger partial charge on any atom is 0.307 e. The molecule has 0 fully saturated rings. The van der Waals surface area contributed by atoms with Gasteiger partial charge in [-0.1, -0.05) is 60.7 Å². The fourth-order valence-electron chi connectivity index (χ4n) is 2.86. The molecule has 0 amide bonds. The third-order valence-corrected chi connectivity index (χ3v) is 4.45. The van der Waals surface area contributed by atoms with Gasteiger partial charge in [-0.15, -0.1) is 0 Å². The highest BCUT2D eigenvalue weighted by atomic mass is 16.6. The summed E-state index contributed by atoms with van der Waals surface area (Å²) in [7, 11) is 0. The Balaban J connectivity index is 1.54. The van der Waals surface area contributed by atoms with E-state index in [4.69, 9.17) is 20.9 Å². The van der Waals surface area contributed by atoms with Crippen LogP contribution < -0.4 is 11.5 Å². The molecule has 0 aromatic heterocycles. The van der Waals surface area contributed by atoms with Crippen molar-refractivity contribution >= 4 is 11.9 Å². The van der Waals surface area contributed by atoms with Gasteiger partial charge >= 0.3 is 11.9 Å². The number of rotatable bonds is 12. The maximum absolute atomic E-state index is 11.8. The Morgan fingerprint density at radius 2 is 1.07 bits per heavy atom. The zero-order valence-corrected chi connectivity index (χ0v) is 16.7. The average Bonchev–Trinajstić information content (AvgIpc) is 2.72. The van der Waals surface area contributed by atoms with Gasteiger partial charge in [0.25, 0.3) is 0 Å². The predicted molar refractivity (Wildman–Crippen MR) is 112 cm³/mol. The second-order valence-electron chi connectivity index (χ2n) is 6.96. The van der Waals surface area contributed by atoms with Crippen molar-refractivity contribution in [2.24, 2.45) is 11.5 Å². The molecule has 156 valence electrons. The summed E-state index contributed by atoms with van der Waals surface area (Å²) in [6, 6.07) is 19.7. The van der Waals surface area contributed by atoms with Crippen molar-refractivity contribution in [1.82, 2.24) is 0 Å². The van der Waals surface area contributed by atoms with E-state index in [9.17, 15) is 9.59 Å². The average molecular weight is 399 g/mol. The Morgan fingerprint density at radius 1 is 0.690 bits per heavy atom. The summed E-state index contributed by atoms with van der Waals surface area (Å²) >= 11 is 0. The zero-order valence-electron chi connectivity index (χ0n) is 16.7. The lowest BCUT2D eigenvalue weighted by molar-refractivity contribution is -0.150. The first kappa shape index (κ1) is 22.6. The van der Waals surface area contributed by atoms with E-state index in [2.05, 4.69) is 0 Å². The van der Waals surface area contributed by atoms with E-state index in [0.29, 0.717) is 19.3 Å². The number of carbonyl (C=O) groups is 2. The fraction of sp³-hybridized carbons (Fsp3) is 0.391. The van der Waals surface area contributed by atoms with E-state index in [1.807, 2.05) is 60.7 Å². The van der Waals surface area contributed by atoms with E-state index < -0.39 is 24.4 Å². The quantitative estimate of drug-likeness (QED) is 0.420. The van der Waals surface area contributed by atoms with Crippen LogP contribution in [-0.2, 0) is 31.9 Å². The highest BCUT2D eigenvalue weighted by Gasteiger charge is 2.13. The van der Waals surface area contributed by atoms with Gasteiger partial charge in [-0.05, 0) is 30.4 Å². The lowest BCUT2D eigenvalue weighted by atomic mass is 10.1. The first-order chi connectivity index (χ1) is 14.0. The molecule has 2 unspecified atom stereocenters. The van der Waals surface area contributed by atoms with Gasteiger partial charge in [-0.2, -0.15) is 0 Å². The summed E-state index contributed by atoms with van der Waals surface area (Å²) in [5, 5.41) is 0. The molecule has 0 aliphatic rings. The lowest BCUT2D eigenvalue weighted by Gasteiger charge is -2.14. The fourth-order valence-corrected chi connectivity index (χ4v) is 2.86. The van der Waals surface area contributed by atoms with Gasteiger partial charge in [-0.3, -0.25) is 21.1 Å². The second kappa shape index (κ2) is 12.7. The van der Waals surface area contributed by atoms with Crippen molar-refractivity contribution in [3.05, 3.63) is 71.8 Å². The van der Waals surface area contributed by atoms with E-state index in [1.54, 1.807) is 0 Å². The van der Waals surface area contributed by atoms with Gasteiger partial charge in [0.1, 0.15) is 0 Å². The number of aryl methyl sites for hydroxylation is 2. The smallest absolute Gasteiger partial charge is 0.307 e. The number of hydrogen-bond acceptors (Lipinski definition) is 6. The standard InChI is InChI=1S/C23H30N2O4/c24-20(16-14-18-8-3-1-4-9-18)28-22(26)12-7-13-23(27)29-21(25)17-15-19-10-5-2-6-11-19/h1-6,8-11,20-21H,7,12-17,24-25H2. The van der Waals surface area contributed by atoms with Crippen LogP contribution in [0.25, 0.3) is 0 Å². The Morgan fingerprint density at radius 3 is 1.45 bits per heavy atom. The lowest BCUT2D eigenvalue weighted by Crippen LogP contribution is -2.28. The largest absolute Gasteiger partial charge is 0.447 e. The van der Waals surface area contributed by atoms with Crippen molar-refractivity contribution in [3.8, 4) is 0 Å². The minimum atomic E-state index is -0.652. The van der Waals surface area contributed by atoms with Crippen molar-refractivity contribution in [3.63, 3.8) is 0 Å². The molecule has 0 saturated heterocycles. The first-order valence-corrected chi connectivity index (χ1v) is 10.0. The highest BCUT2D eigenvalue weighted by molar-refractivity contribution is 5.72. The first-order valence-electron chi connectivity index (χ1n) is 10.0. The number of esters is 2. The van der Waals surface area contributed by atoms with Crippen molar-refractivity contribution in [2.45, 2.75) is 57.4 Å². The molecule has 0 bridgehead atoms. The third kappa shape index (κ3) is 9.87. The number of benzene rings is 2. The monoisotopic (exact) mass is 398 g/mol. The molecular formula is C23H30N2O4. The minimum absolute atomic E-state index is 0.118. The van der Waals surface area contributed by atoms with E-state index >= 15 is 0 Å². The van der Waals surface area contributed by atoms with Gasteiger partial charge in [-0.25, -0.2) is 0 Å². The maximum atomic E-state index is 11.8. The van der Waals surface area contributed by atoms with Gasteiger partial charge < -0.3 is 9.47 Å². The van der Waals surface area contributed by atoms with E-state index in [1.165, 1.54) is 0 Å². The molecular weight excluding hydrogens is 368 g/mol. The number of ether oxygens (including phenoxy) is 2. The van der Waals surface area contributed by atoms with E-state index in [-0.39, 0.29) is 12.8 Å². The normalized spacial score (nSPS) is 12.8. The SMILES string of the molecule is NC(CCc1ccccc1)OC(=O)CCCC(=O)OC(N)CCc1ccccc1. The van der Waals surface area contributed by atoms with Crippen LogP contribution >= 0.6 is 0 Å². The minimum Gasteiger partial charge on any atom is -0.447 e. The predicted octanol–water partition coefficient (Wildman–Crippen LogP) is 3.08. The van der Waals surface area contributed by atoms with Crippen LogP contribution in [0.4, 0.5) is 0 Å². The Kier molecular flexibility index (Phi) is 9.89. The van der Waals surface area contributed by atoms with Crippen LogP contribution in [0.1, 0.15) is 43.2 Å². The summed E-state index contributed by atoms with van der Waals surface area (Å²) in [5.41, 5.74) is 14.0. The summed E-state index contributed by atoms with van der Waals surface area (Å²) in [6.07, 6.45) is 1.85. The molecule has 0 heterocycles. The molecule has 2 atom stereocenters. The summed E-state index contributed by atoms with van der Waals surface area (Å²) < 4.78 is 10.4. The van der Waals surface area contributed by atoms with E-state index in [0.717, 1.165) is 24.0 Å². The second-order valence-corrected chi connectivity index (χ2v) is 6.96. The summed E-state index contributed by atoms with van der Waals surface area (Å²) in [6.45, 7) is 0. The summed E-state index contributed by atoms with van der Waals surface area (Å²) in [4.78, 5) is 23.7. The van der Waals surface area contributed by atoms with Crippen LogP contribution in [0.15, 0.2) is 60.7 Å². The van der Waals surface area contributed by atoms with Crippen LogP contribution in [0.2, 0.25) is 0 Å². The number of nitrogens with two attached hydrogens (primary N) is 2. The number of hydrogen-bond donors (Lipinski definition) is 2. The molecule has 6 nitrogen and oxygen atoms in total.